The normalized spacial score (nSPS) is 10.0. The molecule has 2 aromatic rings. The third kappa shape index (κ3) is 6.54. The smallest absolute Gasteiger partial charge is 0.310 e. The highest BCUT2D eigenvalue weighted by atomic mass is 16.5. The molecular weight excluding hydrogens is 350 g/mol. The fourth-order valence-electron chi connectivity index (χ4n) is 2.31. The first kappa shape index (κ1) is 20.1. The van der Waals surface area contributed by atoms with Crippen LogP contribution in [0.4, 0.5) is 5.69 Å². The predicted octanol–water partition coefficient (Wildman–Crippen LogP) is 2.83. The number of esters is 1. The van der Waals surface area contributed by atoms with E-state index in [0.717, 1.165) is 11.3 Å². The Morgan fingerprint density at radius 3 is 2.11 bits per heavy atom. The van der Waals surface area contributed by atoms with Crippen LogP contribution in [0.3, 0.4) is 0 Å². The highest BCUT2D eigenvalue weighted by molar-refractivity contribution is 5.93. The number of benzene rings is 2. The summed E-state index contributed by atoms with van der Waals surface area (Å²) in [5, 5.41) is 2.64. The summed E-state index contributed by atoms with van der Waals surface area (Å²) in [6, 6.07) is 12.1. The standard InChI is InChI=1S/C20H23NO6/c1-4-26-16-7-5-14(6-8-16)9-20(23)27-13-19(22)21-15-10-17(24-2)12-18(11-15)25-3/h5-8,10-12H,4,9,13H2,1-3H3,(H,21,22). The summed E-state index contributed by atoms with van der Waals surface area (Å²) in [6.07, 6.45) is 0.0761. The highest BCUT2D eigenvalue weighted by Gasteiger charge is 2.10. The molecule has 2 rings (SSSR count). The lowest BCUT2D eigenvalue weighted by Crippen LogP contribution is -2.21. The molecule has 7 heteroatoms. The van der Waals surface area contributed by atoms with Gasteiger partial charge in [-0.1, -0.05) is 12.1 Å². The van der Waals surface area contributed by atoms with Crippen molar-refractivity contribution < 1.29 is 28.5 Å². The second-order valence-electron chi connectivity index (χ2n) is 5.56. The van der Waals surface area contributed by atoms with Gasteiger partial charge in [-0.15, -0.1) is 0 Å². The minimum atomic E-state index is -0.488. The second-order valence-corrected chi connectivity index (χ2v) is 5.56. The molecule has 1 N–H and O–H groups in total. The molecular formula is C20H23NO6. The molecule has 2 aromatic carbocycles. The molecule has 0 unspecified atom stereocenters. The summed E-state index contributed by atoms with van der Waals surface area (Å²) >= 11 is 0. The summed E-state index contributed by atoms with van der Waals surface area (Å²) in [4.78, 5) is 23.9. The Hall–Kier alpha value is -3.22. The Balaban J connectivity index is 1.83. The van der Waals surface area contributed by atoms with Gasteiger partial charge < -0.3 is 24.3 Å². The van der Waals surface area contributed by atoms with Gasteiger partial charge >= 0.3 is 5.97 Å². The van der Waals surface area contributed by atoms with Crippen molar-refractivity contribution in [2.75, 3.05) is 32.8 Å². The van der Waals surface area contributed by atoms with E-state index in [0.29, 0.717) is 23.8 Å². The Kier molecular flexibility index (Phi) is 7.49. The van der Waals surface area contributed by atoms with Crippen molar-refractivity contribution in [1.82, 2.24) is 0 Å². The number of nitrogens with one attached hydrogen (secondary N) is 1. The molecule has 0 aliphatic rings. The number of ether oxygens (including phenoxy) is 4. The van der Waals surface area contributed by atoms with Gasteiger partial charge in [0.15, 0.2) is 6.61 Å². The van der Waals surface area contributed by atoms with E-state index in [9.17, 15) is 9.59 Å². The minimum absolute atomic E-state index is 0.0761. The number of carbonyl (C=O) groups is 2. The number of hydrogen-bond acceptors (Lipinski definition) is 6. The molecule has 0 spiro atoms. The molecule has 0 aliphatic carbocycles. The molecule has 0 heterocycles. The van der Waals surface area contributed by atoms with Crippen molar-refractivity contribution in [3.8, 4) is 17.2 Å². The van der Waals surface area contributed by atoms with Gasteiger partial charge in [-0.3, -0.25) is 9.59 Å². The first-order valence-corrected chi connectivity index (χ1v) is 8.44. The first-order chi connectivity index (χ1) is 13.0. The predicted molar refractivity (Wildman–Crippen MR) is 100 cm³/mol. The van der Waals surface area contributed by atoms with E-state index in [2.05, 4.69) is 5.32 Å². The molecule has 0 radical (unpaired) electrons. The summed E-state index contributed by atoms with van der Waals surface area (Å²) in [6.45, 7) is 2.10. The van der Waals surface area contributed by atoms with Gasteiger partial charge in [0, 0.05) is 23.9 Å². The fraction of sp³-hybridized carbons (Fsp3) is 0.300. The van der Waals surface area contributed by atoms with E-state index in [4.69, 9.17) is 18.9 Å². The largest absolute Gasteiger partial charge is 0.497 e. The average Bonchev–Trinajstić information content (AvgIpc) is 2.67. The van der Waals surface area contributed by atoms with E-state index in [1.54, 1.807) is 42.5 Å². The van der Waals surface area contributed by atoms with Crippen LogP contribution in [0, 0.1) is 0 Å². The van der Waals surface area contributed by atoms with Gasteiger partial charge in [-0.2, -0.15) is 0 Å². The van der Waals surface area contributed by atoms with Crippen LogP contribution in [-0.4, -0.2) is 39.3 Å². The second kappa shape index (κ2) is 10.1. The van der Waals surface area contributed by atoms with Crippen molar-refractivity contribution in [3.05, 3.63) is 48.0 Å². The summed E-state index contributed by atoms with van der Waals surface area (Å²) in [5.74, 6) is 0.875. The molecule has 1 amide bonds. The van der Waals surface area contributed by atoms with Gasteiger partial charge in [0.25, 0.3) is 5.91 Å². The topological polar surface area (TPSA) is 83.1 Å². The molecule has 7 nitrogen and oxygen atoms in total. The molecule has 27 heavy (non-hydrogen) atoms. The quantitative estimate of drug-likeness (QED) is 0.681. The van der Waals surface area contributed by atoms with Crippen molar-refractivity contribution in [2.45, 2.75) is 13.3 Å². The molecule has 0 saturated heterocycles. The maximum Gasteiger partial charge on any atom is 0.310 e. The zero-order valence-corrected chi connectivity index (χ0v) is 15.6. The van der Waals surface area contributed by atoms with E-state index in [1.807, 2.05) is 6.92 Å². The van der Waals surface area contributed by atoms with Crippen molar-refractivity contribution in [2.24, 2.45) is 0 Å². The van der Waals surface area contributed by atoms with Crippen LogP contribution < -0.4 is 19.5 Å². The molecule has 0 fully saturated rings. The highest BCUT2D eigenvalue weighted by Crippen LogP contribution is 2.25. The number of carbonyl (C=O) groups excluding carboxylic acids is 2. The Morgan fingerprint density at radius 1 is 0.926 bits per heavy atom. The molecule has 0 saturated carbocycles. The summed E-state index contributed by atoms with van der Waals surface area (Å²) in [7, 11) is 3.03. The van der Waals surface area contributed by atoms with Crippen LogP contribution in [0.1, 0.15) is 12.5 Å². The third-order valence-electron chi connectivity index (χ3n) is 3.58. The van der Waals surface area contributed by atoms with E-state index < -0.39 is 11.9 Å². The lowest BCUT2D eigenvalue weighted by molar-refractivity contribution is -0.146. The zero-order chi connectivity index (χ0) is 19.6. The van der Waals surface area contributed by atoms with Gasteiger partial charge in [0.1, 0.15) is 17.2 Å². The van der Waals surface area contributed by atoms with Crippen LogP contribution >= 0.6 is 0 Å². The van der Waals surface area contributed by atoms with E-state index in [1.165, 1.54) is 14.2 Å². The number of rotatable bonds is 9. The molecule has 0 atom stereocenters. The zero-order valence-electron chi connectivity index (χ0n) is 15.6. The van der Waals surface area contributed by atoms with Crippen molar-refractivity contribution >= 4 is 17.6 Å². The van der Waals surface area contributed by atoms with Crippen LogP contribution in [0.2, 0.25) is 0 Å². The Morgan fingerprint density at radius 2 is 1.56 bits per heavy atom. The van der Waals surface area contributed by atoms with Crippen LogP contribution in [0.15, 0.2) is 42.5 Å². The first-order valence-electron chi connectivity index (χ1n) is 8.44. The summed E-state index contributed by atoms with van der Waals surface area (Å²) in [5.41, 5.74) is 1.26. The number of hydrogen-bond donors (Lipinski definition) is 1. The van der Waals surface area contributed by atoms with Crippen LogP contribution in [0.25, 0.3) is 0 Å². The lowest BCUT2D eigenvalue weighted by Gasteiger charge is -2.10. The maximum absolute atomic E-state index is 12.0. The van der Waals surface area contributed by atoms with Crippen LogP contribution in [-0.2, 0) is 20.7 Å². The summed E-state index contributed by atoms with van der Waals surface area (Å²) < 4.78 is 20.7. The van der Waals surface area contributed by atoms with Gasteiger partial charge in [0.05, 0.1) is 27.2 Å². The SMILES string of the molecule is CCOc1ccc(CC(=O)OCC(=O)Nc2cc(OC)cc(OC)c2)cc1. The number of anilines is 1. The monoisotopic (exact) mass is 373 g/mol. The lowest BCUT2D eigenvalue weighted by atomic mass is 10.1. The Labute approximate surface area is 158 Å². The molecule has 0 aliphatic heterocycles. The van der Waals surface area contributed by atoms with Crippen molar-refractivity contribution in [3.63, 3.8) is 0 Å². The van der Waals surface area contributed by atoms with E-state index in [-0.39, 0.29) is 13.0 Å². The van der Waals surface area contributed by atoms with Gasteiger partial charge in [-0.05, 0) is 24.6 Å². The fourth-order valence-corrected chi connectivity index (χ4v) is 2.31. The molecule has 0 aromatic heterocycles. The van der Waals surface area contributed by atoms with Crippen molar-refractivity contribution in [1.29, 1.82) is 0 Å². The molecule has 144 valence electrons. The third-order valence-corrected chi connectivity index (χ3v) is 3.58. The Bertz CT molecular complexity index is 750. The minimum Gasteiger partial charge on any atom is -0.497 e. The maximum atomic E-state index is 12.0. The number of methoxy groups -OCH3 is 2. The molecule has 0 bridgehead atoms. The van der Waals surface area contributed by atoms with Gasteiger partial charge in [-0.25, -0.2) is 0 Å². The average molecular weight is 373 g/mol. The van der Waals surface area contributed by atoms with Gasteiger partial charge in [0.2, 0.25) is 0 Å². The van der Waals surface area contributed by atoms with E-state index >= 15 is 0 Å². The number of amides is 1. The van der Waals surface area contributed by atoms with Crippen LogP contribution in [0.5, 0.6) is 17.2 Å².